The molecule has 8 heteroatoms. The highest BCUT2D eigenvalue weighted by Crippen LogP contribution is 2.28. The molecule has 2 aliphatic heterocycles. The van der Waals surface area contributed by atoms with Crippen molar-refractivity contribution in [2.45, 2.75) is 109 Å². The molecule has 2 heterocycles. The average molecular weight is 518 g/mol. The van der Waals surface area contributed by atoms with E-state index < -0.39 is 0 Å². The highest BCUT2D eigenvalue weighted by molar-refractivity contribution is 5.81. The van der Waals surface area contributed by atoms with Crippen molar-refractivity contribution in [1.29, 1.82) is 0 Å². The van der Waals surface area contributed by atoms with Crippen LogP contribution in [0.2, 0.25) is 0 Å². The van der Waals surface area contributed by atoms with Crippen molar-refractivity contribution in [3.8, 4) is 0 Å². The predicted octanol–water partition coefficient (Wildman–Crippen LogP) is 2.67. The molecule has 0 aromatic carbocycles. The zero-order valence-electron chi connectivity index (χ0n) is 23.3. The number of nitrogens with one attached hydrogen (secondary N) is 3. The second-order valence-electron chi connectivity index (χ2n) is 12.1. The van der Waals surface area contributed by atoms with Gasteiger partial charge in [-0.2, -0.15) is 0 Å². The third-order valence-electron chi connectivity index (χ3n) is 9.51. The van der Waals surface area contributed by atoms with Gasteiger partial charge in [0, 0.05) is 43.1 Å². The van der Waals surface area contributed by atoms with E-state index in [-0.39, 0.29) is 53.6 Å². The Kier molecular flexibility index (Phi) is 10.7. The molecule has 0 spiro atoms. The van der Waals surface area contributed by atoms with E-state index in [4.69, 9.17) is 0 Å². The van der Waals surface area contributed by atoms with Crippen LogP contribution in [0.4, 0.5) is 0 Å². The fourth-order valence-corrected chi connectivity index (χ4v) is 6.97. The highest BCUT2D eigenvalue weighted by atomic mass is 16.2. The fraction of sp³-hybridized carbons (Fsp3) is 0.897. The van der Waals surface area contributed by atoms with Gasteiger partial charge in [0.05, 0.1) is 5.92 Å². The van der Waals surface area contributed by atoms with Crippen molar-refractivity contribution in [3.05, 3.63) is 0 Å². The monoisotopic (exact) mass is 517 g/mol. The summed E-state index contributed by atoms with van der Waals surface area (Å²) in [6, 6.07) is 0.676. The van der Waals surface area contributed by atoms with Crippen LogP contribution in [0.5, 0.6) is 0 Å². The lowest BCUT2D eigenvalue weighted by Gasteiger charge is -2.35. The van der Waals surface area contributed by atoms with Gasteiger partial charge in [-0.15, -0.1) is 0 Å². The highest BCUT2D eigenvalue weighted by Gasteiger charge is 2.33. The van der Waals surface area contributed by atoms with Crippen LogP contribution < -0.4 is 16.0 Å². The molecule has 2 aliphatic carbocycles. The minimum atomic E-state index is 0.0484. The summed E-state index contributed by atoms with van der Waals surface area (Å²) in [7, 11) is 0. The Labute approximate surface area is 224 Å². The number of amides is 3. The van der Waals surface area contributed by atoms with Gasteiger partial charge in [-0.05, 0) is 103 Å². The van der Waals surface area contributed by atoms with Gasteiger partial charge in [0.1, 0.15) is 0 Å². The number of nitrogens with zero attached hydrogens (tertiary/aromatic N) is 2. The molecule has 210 valence electrons. The first-order chi connectivity index (χ1) is 17.9. The summed E-state index contributed by atoms with van der Waals surface area (Å²) < 4.78 is 0. The van der Waals surface area contributed by atoms with E-state index in [2.05, 4.69) is 39.6 Å². The normalized spacial score (nSPS) is 33.9. The van der Waals surface area contributed by atoms with Crippen molar-refractivity contribution in [2.75, 3.05) is 39.3 Å². The molecule has 0 bridgehead atoms. The molecule has 2 saturated heterocycles. The third-order valence-corrected chi connectivity index (χ3v) is 9.51. The largest absolute Gasteiger partial charge is 0.353 e. The molecule has 0 aromatic heterocycles. The van der Waals surface area contributed by atoms with Crippen molar-refractivity contribution < 1.29 is 14.4 Å². The predicted molar refractivity (Wildman–Crippen MR) is 146 cm³/mol. The zero-order chi connectivity index (χ0) is 26.2. The number of rotatable bonds is 8. The van der Waals surface area contributed by atoms with Crippen LogP contribution in [0.25, 0.3) is 0 Å². The molecule has 2 unspecified atom stereocenters. The van der Waals surface area contributed by atoms with Gasteiger partial charge in [-0.1, -0.05) is 13.8 Å². The molecule has 3 N–H and O–H groups in total. The van der Waals surface area contributed by atoms with Crippen molar-refractivity contribution in [2.24, 2.45) is 17.8 Å². The van der Waals surface area contributed by atoms with Crippen LogP contribution in [0, 0.1) is 17.8 Å². The molecule has 0 radical (unpaired) electrons. The van der Waals surface area contributed by atoms with Gasteiger partial charge >= 0.3 is 0 Å². The molecule has 8 nitrogen and oxygen atoms in total. The van der Waals surface area contributed by atoms with Gasteiger partial charge in [-0.25, -0.2) is 0 Å². The van der Waals surface area contributed by atoms with Crippen LogP contribution in [0.3, 0.4) is 0 Å². The smallest absolute Gasteiger partial charge is 0.224 e. The van der Waals surface area contributed by atoms with Gasteiger partial charge < -0.3 is 25.8 Å². The maximum atomic E-state index is 13.0. The number of likely N-dealkylation sites (tertiary alicyclic amines) is 2. The van der Waals surface area contributed by atoms with E-state index >= 15 is 0 Å². The molecule has 4 aliphatic rings. The van der Waals surface area contributed by atoms with Crippen molar-refractivity contribution in [1.82, 2.24) is 25.8 Å². The van der Waals surface area contributed by atoms with Crippen LogP contribution in [-0.4, -0.2) is 84.9 Å². The van der Waals surface area contributed by atoms with E-state index in [1.165, 1.54) is 0 Å². The number of hydrogen-bond donors (Lipinski definition) is 3. The minimum Gasteiger partial charge on any atom is -0.353 e. The summed E-state index contributed by atoms with van der Waals surface area (Å²) in [6.07, 6.45) is 11.3. The molecule has 37 heavy (non-hydrogen) atoms. The topological polar surface area (TPSA) is 93.8 Å². The molecule has 0 aromatic rings. The summed E-state index contributed by atoms with van der Waals surface area (Å²) in [5.74, 6) is 0.831. The van der Waals surface area contributed by atoms with Crippen molar-refractivity contribution >= 4 is 17.7 Å². The first-order valence-corrected chi connectivity index (χ1v) is 15.3. The summed E-state index contributed by atoms with van der Waals surface area (Å²) in [4.78, 5) is 43.3. The quantitative estimate of drug-likeness (QED) is 0.460. The number of carbonyl (C=O) groups is 3. The van der Waals surface area contributed by atoms with Gasteiger partial charge in [0.2, 0.25) is 17.7 Å². The van der Waals surface area contributed by atoms with Crippen LogP contribution >= 0.6 is 0 Å². The molecular formula is C29H51N5O3. The third kappa shape index (κ3) is 8.16. The molecule has 3 amide bonds. The fourth-order valence-electron chi connectivity index (χ4n) is 6.97. The Morgan fingerprint density at radius 1 is 0.541 bits per heavy atom. The Morgan fingerprint density at radius 2 is 0.973 bits per heavy atom. The molecule has 4 rings (SSSR count). The van der Waals surface area contributed by atoms with E-state index in [9.17, 15) is 14.4 Å². The standard InChI is InChI=1S/C29H51N5O3/c1-3-33-17-5-7-23(19-33)29(37)31-25-15-9-21(10-16-25)27(35)30-24-13-11-22(12-14-24)28(36)32-26-8-6-18-34(4-2)20-26/h21-26H,3-20H2,1-2H3,(H,30,35)(H,31,37)(H,32,36). The maximum Gasteiger partial charge on any atom is 0.224 e. The van der Waals surface area contributed by atoms with Gasteiger partial charge in [0.15, 0.2) is 0 Å². The van der Waals surface area contributed by atoms with E-state index in [0.717, 1.165) is 116 Å². The second kappa shape index (κ2) is 13.9. The zero-order valence-corrected chi connectivity index (χ0v) is 23.3. The van der Waals surface area contributed by atoms with Crippen molar-refractivity contribution in [3.63, 3.8) is 0 Å². The number of carbonyl (C=O) groups excluding carboxylic acids is 3. The maximum absolute atomic E-state index is 13.0. The summed E-state index contributed by atoms with van der Waals surface area (Å²) >= 11 is 0. The summed E-state index contributed by atoms with van der Waals surface area (Å²) in [6.45, 7) is 10.5. The second-order valence-corrected chi connectivity index (χ2v) is 12.1. The summed E-state index contributed by atoms with van der Waals surface area (Å²) in [5.41, 5.74) is 0. The molecular weight excluding hydrogens is 466 g/mol. The minimum absolute atomic E-state index is 0.0484. The van der Waals surface area contributed by atoms with E-state index in [1.54, 1.807) is 0 Å². The van der Waals surface area contributed by atoms with Gasteiger partial charge in [-0.3, -0.25) is 14.4 Å². The number of piperidine rings is 2. The molecule has 2 saturated carbocycles. The Morgan fingerprint density at radius 3 is 1.49 bits per heavy atom. The first kappa shape index (κ1) is 28.3. The lowest BCUT2D eigenvalue weighted by Crippen LogP contribution is -2.50. The average Bonchev–Trinajstić information content (AvgIpc) is 2.94. The lowest BCUT2D eigenvalue weighted by molar-refractivity contribution is -0.128. The number of likely N-dealkylation sites (N-methyl/N-ethyl adjacent to an activating group) is 1. The van der Waals surface area contributed by atoms with Crippen LogP contribution in [0.1, 0.15) is 90.9 Å². The van der Waals surface area contributed by atoms with Crippen LogP contribution in [0.15, 0.2) is 0 Å². The Hall–Kier alpha value is -1.67. The van der Waals surface area contributed by atoms with Gasteiger partial charge in [0.25, 0.3) is 0 Å². The van der Waals surface area contributed by atoms with E-state index in [1.807, 2.05) is 0 Å². The Balaban J connectivity index is 1.11. The first-order valence-electron chi connectivity index (χ1n) is 15.3. The summed E-state index contributed by atoms with van der Waals surface area (Å²) in [5, 5.41) is 9.88. The molecule has 4 fully saturated rings. The SMILES string of the molecule is CCN1CCCC(NC(=O)C2CCC(NC(=O)C3CCC(NC(=O)C4CCCN(CC)C4)CC3)CC2)C1. The Bertz CT molecular complexity index is 761. The number of hydrogen-bond acceptors (Lipinski definition) is 5. The molecule has 2 atom stereocenters. The lowest BCUT2D eigenvalue weighted by atomic mass is 9.83. The van der Waals surface area contributed by atoms with E-state index in [0.29, 0.717) is 0 Å². The van der Waals surface area contributed by atoms with Crippen LogP contribution in [-0.2, 0) is 14.4 Å².